The second-order valence-corrected chi connectivity index (χ2v) is 7.81. The van der Waals surface area contributed by atoms with Gasteiger partial charge >= 0.3 is 0 Å². The Kier molecular flexibility index (Phi) is 4.35. The molecule has 2 fully saturated rings. The number of benzene rings is 1. The van der Waals surface area contributed by atoms with Gasteiger partial charge in [-0.3, -0.25) is 4.79 Å². The number of aromatic nitrogens is 1. The molecule has 0 bridgehead atoms. The summed E-state index contributed by atoms with van der Waals surface area (Å²) in [5.41, 5.74) is 3.52. The Labute approximate surface area is 160 Å². The van der Waals surface area contributed by atoms with Crippen LogP contribution in [0, 0.1) is 25.2 Å². The maximum atomic E-state index is 12.6. The van der Waals surface area contributed by atoms with Crippen molar-refractivity contribution in [3.05, 3.63) is 58.8 Å². The number of aryl methyl sites for hydroxylation is 2. The number of carbonyl (C=O) groups is 1. The monoisotopic (exact) mass is 360 g/mol. The minimum absolute atomic E-state index is 0.0632. The molecule has 138 valence electrons. The molecule has 1 amide bonds. The van der Waals surface area contributed by atoms with E-state index < -0.39 is 0 Å². The van der Waals surface area contributed by atoms with Gasteiger partial charge in [-0.25, -0.2) is 4.98 Å². The van der Waals surface area contributed by atoms with Crippen LogP contribution in [-0.4, -0.2) is 29.5 Å². The molecule has 3 heterocycles. The maximum absolute atomic E-state index is 12.6. The van der Waals surface area contributed by atoms with Crippen molar-refractivity contribution in [2.75, 3.05) is 18.0 Å². The van der Waals surface area contributed by atoms with Crippen molar-refractivity contribution in [2.45, 2.75) is 44.6 Å². The van der Waals surface area contributed by atoms with Crippen LogP contribution in [-0.2, 0) is 4.79 Å². The quantitative estimate of drug-likeness (QED) is 0.893. The van der Waals surface area contributed by atoms with Gasteiger partial charge in [0.1, 0.15) is 11.9 Å². The van der Waals surface area contributed by atoms with E-state index >= 15 is 0 Å². The number of nitrogens with zero attached hydrogens (tertiary/aromatic N) is 3. The predicted molar refractivity (Wildman–Crippen MR) is 105 cm³/mol. The Hall–Kier alpha value is -2.87. The lowest BCUT2D eigenvalue weighted by molar-refractivity contribution is -0.121. The molecule has 27 heavy (non-hydrogen) atoms. The summed E-state index contributed by atoms with van der Waals surface area (Å²) >= 11 is 0. The smallest absolute Gasteiger partial charge is 0.228 e. The van der Waals surface area contributed by atoms with Crippen molar-refractivity contribution in [3.8, 4) is 6.07 Å². The lowest BCUT2D eigenvalue weighted by Crippen LogP contribution is -2.51. The lowest BCUT2D eigenvalue weighted by atomic mass is 9.82. The van der Waals surface area contributed by atoms with Crippen LogP contribution >= 0.6 is 0 Å². The summed E-state index contributed by atoms with van der Waals surface area (Å²) in [5, 5.41) is 12.8. The highest BCUT2D eigenvalue weighted by Crippen LogP contribution is 2.40. The van der Waals surface area contributed by atoms with Gasteiger partial charge in [-0.1, -0.05) is 30.3 Å². The van der Waals surface area contributed by atoms with Crippen LogP contribution < -0.4 is 10.2 Å². The van der Waals surface area contributed by atoms with Gasteiger partial charge in [-0.2, -0.15) is 5.26 Å². The van der Waals surface area contributed by atoms with E-state index in [9.17, 15) is 10.1 Å². The van der Waals surface area contributed by atoms with Gasteiger partial charge in [0.15, 0.2) is 0 Å². The number of anilines is 1. The van der Waals surface area contributed by atoms with Crippen molar-refractivity contribution in [3.63, 3.8) is 0 Å². The van der Waals surface area contributed by atoms with Crippen LogP contribution in [0.3, 0.4) is 0 Å². The van der Waals surface area contributed by atoms with E-state index in [0.29, 0.717) is 5.56 Å². The normalized spacial score (nSPS) is 21.1. The molecular weight excluding hydrogens is 336 g/mol. The van der Waals surface area contributed by atoms with Crippen LogP contribution in [0.25, 0.3) is 0 Å². The first-order valence-electron chi connectivity index (χ1n) is 9.52. The van der Waals surface area contributed by atoms with Crippen molar-refractivity contribution < 1.29 is 4.79 Å². The molecule has 0 saturated carbocycles. The fraction of sp³-hybridized carbons (Fsp3) is 0.409. The minimum atomic E-state index is -0.139. The molecule has 4 rings (SSSR count). The molecule has 1 atom stereocenters. The number of pyridine rings is 1. The molecule has 2 aliphatic heterocycles. The summed E-state index contributed by atoms with van der Waals surface area (Å²) in [6, 6.07) is 14.3. The highest BCUT2D eigenvalue weighted by Gasteiger charge is 2.46. The Balaban J connectivity index is 1.52. The summed E-state index contributed by atoms with van der Waals surface area (Å²) in [6.45, 7) is 5.52. The number of nitriles is 1. The number of piperidine rings is 1. The second kappa shape index (κ2) is 6.70. The number of hydrogen-bond donors (Lipinski definition) is 1. The minimum Gasteiger partial charge on any atom is -0.355 e. The van der Waals surface area contributed by atoms with Crippen molar-refractivity contribution in [2.24, 2.45) is 0 Å². The molecule has 1 unspecified atom stereocenters. The Morgan fingerprint density at radius 2 is 1.93 bits per heavy atom. The number of hydrogen-bond acceptors (Lipinski definition) is 4. The molecular formula is C22H24N4O. The van der Waals surface area contributed by atoms with Crippen LogP contribution in [0.2, 0.25) is 0 Å². The summed E-state index contributed by atoms with van der Waals surface area (Å²) in [7, 11) is 0. The van der Waals surface area contributed by atoms with Gasteiger partial charge in [-0.05, 0) is 50.3 Å². The van der Waals surface area contributed by atoms with Gasteiger partial charge in [0.05, 0.1) is 11.5 Å². The molecule has 1 spiro atoms. The Bertz CT molecular complexity index is 908. The van der Waals surface area contributed by atoms with Crippen molar-refractivity contribution in [1.82, 2.24) is 10.3 Å². The zero-order valence-corrected chi connectivity index (χ0v) is 15.8. The topological polar surface area (TPSA) is 69.0 Å². The lowest BCUT2D eigenvalue weighted by Gasteiger charge is -2.40. The van der Waals surface area contributed by atoms with E-state index in [1.54, 1.807) is 0 Å². The summed E-state index contributed by atoms with van der Waals surface area (Å²) in [5.74, 6) is 0.859. The molecule has 0 aliphatic carbocycles. The Morgan fingerprint density at radius 1 is 1.22 bits per heavy atom. The van der Waals surface area contributed by atoms with E-state index in [0.717, 1.165) is 55.0 Å². The van der Waals surface area contributed by atoms with Gasteiger partial charge in [0.25, 0.3) is 0 Å². The molecule has 0 radical (unpaired) electrons. The average molecular weight is 360 g/mol. The van der Waals surface area contributed by atoms with Crippen LogP contribution in [0.4, 0.5) is 5.82 Å². The number of carbonyl (C=O) groups excluding carboxylic acids is 1. The molecule has 1 aromatic heterocycles. The molecule has 1 N–H and O–H groups in total. The number of rotatable bonds is 2. The average Bonchev–Trinajstić information content (AvgIpc) is 2.98. The first-order valence-corrected chi connectivity index (χ1v) is 9.52. The van der Waals surface area contributed by atoms with Gasteiger partial charge in [0, 0.05) is 24.3 Å². The molecule has 2 saturated heterocycles. The molecule has 2 aliphatic rings. The third-order valence-electron chi connectivity index (χ3n) is 5.96. The van der Waals surface area contributed by atoms with E-state index in [-0.39, 0.29) is 17.4 Å². The maximum Gasteiger partial charge on any atom is 0.228 e. The summed E-state index contributed by atoms with van der Waals surface area (Å²) < 4.78 is 0. The fourth-order valence-electron chi connectivity index (χ4n) is 4.50. The second-order valence-electron chi connectivity index (χ2n) is 7.81. The molecule has 2 aromatic rings. The predicted octanol–water partition coefficient (Wildman–Crippen LogP) is 3.21. The third kappa shape index (κ3) is 3.16. The van der Waals surface area contributed by atoms with Gasteiger partial charge < -0.3 is 10.2 Å². The van der Waals surface area contributed by atoms with Crippen LogP contribution in [0.15, 0.2) is 36.4 Å². The SMILES string of the molecule is Cc1cc(C)c(C#N)c(N2CCC3(CC2)CC(c2ccccc2)C(=O)N3)n1. The zero-order valence-electron chi connectivity index (χ0n) is 15.8. The standard InChI is InChI=1S/C22H24N4O/c1-15-12-16(2)24-20(19(15)14-23)26-10-8-22(9-11-26)13-18(21(27)25-22)17-6-4-3-5-7-17/h3-7,12,18H,8-11,13H2,1-2H3,(H,25,27). The third-order valence-corrected chi connectivity index (χ3v) is 5.96. The molecule has 5 heteroatoms. The molecule has 1 aromatic carbocycles. The first kappa shape index (κ1) is 17.5. The van der Waals surface area contributed by atoms with E-state index in [1.165, 1.54) is 0 Å². The first-order chi connectivity index (χ1) is 13.0. The summed E-state index contributed by atoms with van der Waals surface area (Å²) in [6.07, 6.45) is 2.60. The number of nitrogens with one attached hydrogen (secondary N) is 1. The zero-order chi connectivity index (χ0) is 19.0. The van der Waals surface area contributed by atoms with Crippen molar-refractivity contribution in [1.29, 1.82) is 5.26 Å². The van der Waals surface area contributed by atoms with Gasteiger partial charge in [0.2, 0.25) is 5.91 Å². The highest BCUT2D eigenvalue weighted by molar-refractivity contribution is 5.87. The molecule has 5 nitrogen and oxygen atoms in total. The van der Waals surface area contributed by atoms with E-state index in [4.69, 9.17) is 0 Å². The van der Waals surface area contributed by atoms with Crippen molar-refractivity contribution >= 4 is 11.7 Å². The van der Waals surface area contributed by atoms with E-state index in [2.05, 4.69) is 21.3 Å². The summed E-state index contributed by atoms with van der Waals surface area (Å²) in [4.78, 5) is 19.4. The number of amides is 1. The fourth-order valence-corrected chi connectivity index (χ4v) is 4.50. The largest absolute Gasteiger partial charge is 0.355 e. The van der Waals surface area contributed by atoms with Crippen LogP contribution in [0.5, 0.6) is 0 Å². The van der Waals surface area contributed by atoms with E-state index in [1.807, 2.05) is 50.2 Å². The van der Waals surface area contributed by atoms with Gasteiger partial charge in [-0.15, -0.1) is 0 Å². The highest BCUT2D eigenvalue weighted by atomic mass is 16.2. The Morgan fingerprint density at radius 3 is 2.59 bits per heavy atom. The van der Waals surface area contributed by atoms with Crippen LogP contribution in [0.1, 0.15) is 47.6 Å².